The highest BCUT2D eigenvalue weighted by molar-refractivity contribution is 7.89. The number of carbonyl (C=O) groups excluding carboxylic acids is 1. The minimum Gasteiger partial charge on any atom is -0.293 e. The molecule has 0 aliphatic heterocycles. The molecule has 0 atom stereocenters. The van der Waals surface area contributed by atoms with Crippen molar-refractivity contribution in [3.8, 4) is 0 Å². The fourth-order valence-corrected chi connectivity index (χ4v) is 1.86. The van der Waals surface area contributed by atoms with Crippen LogP contribution in [0.15, 0.2) is 24.3 Å². The first-order valence-corrected chi connectivity index (χ1v) is 7.23. The summed E-state index contributed by atoms with van der Waals surface area (Å²) >= 11 is 0. The lowest BCUT2D eigenvalue weighted by molar-refractivity contribution is 0.0997. The maximum Gasteiger partial charge on any atom is 0.211 e. The van der Waals surface area contributed by atoms with Gasteiger partial charge in [-0.25, -0.2) is 13.1 Å². The van der Waals surface area contributed by atoms with E-state index < -0.39 is 10.0 Å². The largest absolute Gasteiger partial charge is 0.293 e. The quantitative estimate of drug-likeness (QED) is 0.781. The molecule has 0 heterocycles. The van der Waals surface area contributed by atoms with Crippen LogP contribution in [0.25, 0.3) is 0 Å². The van der Waals surface area contributed by atoms with Crippen LogP contribution in [0.5, 0.6) is 0 Å². The van der Waals surface area contributed by atoms with Crippen molar-refractivity contribution in [2.45, 2.75) is 20.3 Å². The first-order chi connectivity index (χ1) is 7.98. The monoisotopic (exact) mass is 255 g/mol. The maximum absolute atomic E-state index is 11.7. The lowest BCUT2D eigenvalue weighted by Gasteiger charge is -2.04. The molecular formula is C12H17NO3S. The van der Waals surface area contributed by atoms with Crippen LogP contribution in [0.4, 0.5) is 0 Å². The van der Waals surface area contributed by atoms with E-state index in [0.717, 1.165) is 12.0 Å². The van der Waals surface area contributed by atoms with E-state index in [4.69, 9.17) is 0 Å². The van der Waals surface area contributed by atoms with Gasteiger partial charge < -0.3 is 0 Å². The molecule has 1 N–H and O–H groups in total. The molecular weight excluding hydrogens is 238 g/mol. The molecule has 0 saturated heterocycles. The summed E-state index contributed by atoms with van der Waals surface area (Å²) in [7, 11) is -3.31. The number of rotatable bonds is 6. The highest BCUT2D eigenvalue weighted by Gasteiger charge is 2.11. The van der Waals surface area contributed by atoms with Gasteiger partial charge in [0.15, 0.2) is 5.78 Å². The van der Waals surface area contributed by atoms with E-state index >= 15 is 0 Å². The van der Waals surface area contributed by atoms with Gasteiger partial charge in [0.2, 0.25) is 10.0 Å². The van der Waals surface area contributed by atoms with E-state index in [1.807, 2.05) is 19.1 Å². The van der Waals surface area contributed by atoms with Gasteiger partial charge in [-0.05, 0) is 18.9 Å². The number of hydrogen-bond donors (Lipinski definition) is 1. The van der Waals surface area contributed by atoms with Crippen LogP contribution in [0.1, 0.15) is 29.8 Å². The minimum absolute atomic E-state index is 0.0188. The number of Topliss-reactive ketones (excluding diaryl/α,β-unsaturated/α-hetero) is 1. The summed E-state index contributed by atoms with van der Waals surface area (Å²) in [5.74, 6) is -0.237. The lowest BCUT2D eigenvalue weighted by atomic mass is 10.1. The molecule has 0 unspecified atom stereocenters. The van der Waals surface area contributed by atoms with Gasteiger partial charge in [-0.15, -0.1) is 0 Å². The molecule has 0 aromatic heterocycles. The second kappa shape index (κ2) is 5.93. The number of nitrogens with one attached hydrogen (secondary N) is 1. The van der Waals surface area contributed by atoms with Crippen LogP contribution in [0, 0.1) is 0 Å². The minimum atomic E-state index is -3.31. The number of ketones is 1. The van der Waals surface area contributed by atoms with E-state index in [1.54, 1.807) is 12.1 Å². The average molecular weight is 255 g/mol. The summed E-state index contributed by atoms with van der Waals surface area (Å²) in [6.45, 7) is 3.39. The van der Waals surface area contributed by atoms with E-state index in [9.17, 15) is 13.2 Å². The topological polar surface area (TPSA) is 63.2 Å². The van der Waals surface area contributed by atoms with Gasteiger partial charge in [0.1, 0.15) is 0 Å². The fourth-order valence-electron chi connectivity index (χ4n) is 1.31. The van der Waals surface area contributed by atoms with Crippen LogP contribution >= 0.6 is 0 Å². The van der Waals surface area contributed by atoms with E-state index in [1.165, 1.54) is 6.92 Å². The highest BCUT2D eigenvalue weighted by Crippen LogP contribution is 2.05. The van der Waals surface area contributed by atoms with Gasteiger partial charge >= 0.3 is 0 Å². The van der Waals surface area contributed by atoms with Gasteiger partial charge in [0, 0.05) is 5.56 Å². The summed E-state index contributed by atoms with van der Waals surface area (Å²) in [5.41, 5.74) is 1.68. The molecule has 5 heteroatoms. The predicted octanol–water partition coefficient (Wildman–Crippen LogP) is 1.37. The molecule has 0 amide bonds. The van der Waals surface area contributed by atoms with Gasteiger partial charge in [0.05, 0.1) is 12.3 Å². The van der Waals surface area contributed by atoms with Crippen molar-refractivity contribution < 1.29 is 13.2 Å². The zero-order valence-corrected chi connectivity index (χ0v) is 10.9. The zero-order chi connectivity index (χ0) is 12.9. The van der Waals surface area contributed by atoms with Crippen LogP contribution < -0.4 is 4.72 Å². The first kappa shape index (κ1) is 13.9. The average Bonchev–Trinajstić information content (AvgIpc) is 2.36. The molecule has 94 valence electrons. The van der Waals surface area contributed by atoms with Crippen LogP contribution in [0.2, 0.25) is 0 Å². The third-order valence-electron chi connectivity index (χ3n) is 2.52. The molecule has 0 saturated carbocycles. The van der Waals surface area contributed by atoms with E-state index in [-0.39, 0.29) is 18.1 Å². The summed E-state index contributed by atoms with van der Waals surface area (Å²) in [6, 6.07) is 7.20. The number of aryl methyl sites for hydroxylation is 1. The van der Waals surface area contributed by atoms with Crippen LogP contribution in [-0.4, -0.2) is 26.5 Å². The molecule has 17 heavy (non-hydrogen) atoms. The molecule has 0 spiro atoms. The van der Waals surface area contributed by atoms with Crippen molar-refractivity contribution in [3.05, 3.63) is 35.4 Å². The molecule has 0 radical (unpaired) electrons. The number of hydrogen-bond acceptors (Lipinski definition) is 3. The third-order valence-corrected chi connectivity index (χ3v) is 3.86. The first-order valence-electron chi connectivity index (χ1n) is 5.58. The second-order valence-electron chi connectivity index (χ2n) is 3.70. The summed E-state index contributed by atoms with van der Waals surface area (Å²) in [6.07, 6.45) is 0.914. The van der Waals surface area contributed by atoms with Crippen molar-refractivity contribution in [1.82, 2.24) is 4.72 Å². The Morgan fingerprint density at radius 3 is 2.24 bits per heavy atom. The maximum atomic E-state index is 11.7. The predicted molar refractivity (Wildman–Crippen MR) is 67.6 cm³/mol. The normalized spacial score (nSPS) is 11.4. The van der Waals surface area contributed by atoms with Crippen molar-refractivity contribution in [2.24, 2.45) is 0 Å². The van der Waals surface area contributed by atoms with Crippen LogP contribution in [-0.2, 0) is 16.4 Å². The Morgan fingerprint density at radius 1 is 1.18 bits per heavy atom. The Labute approximate surface area is 102 Å². The van der Waals surface area contributed by atoms with Crippen LogP contribution in [0.3, 0.4) is 0 Å². The molecule has 1 aromatic carbocycles. The van der Waals surface area contributed by atoms with Gasteiger partial charge in [-0.2, -0.15) is 0 Å². The lowest BCUT2D eigenvalue weighted by Crippen LogP contribution is -2.30. The highest BCUT2D eigenvalue weighted by atomic mass is 32.2. The van der Waals surface area contributed by atoms with Gasteiger partial charge in [-0.3, -0.25) is 4.79 Å². The molecule has 0 aliphatic carbocycles. The Kier molecular flexibility index (Phi) is 4.84. The summed E-state index contributed by atoms with van der Waals surface area (Å²) in [4.78, 5) is 11.7. The third kappa shape index (κ3) is 4.28. The van der Waals surface area contributed by atoms with E-state index in [2.05, 4.69) is 4.72 Å². The molecule has 1 rings (SSSR count). The Hall–Kier alpha value is -1.20. The van der Waals surface area contributed by atoms with Crippen molar-refractivity contribution >= 4 is 15.8 Å². The van der Waals surface area contributed by atoms with Gasteiger partial charge in [-0.1, -0.05) is 31.2 Å². The fraction of sp³-hybridized carbons (Fsp3) is 0.417. The summed E-state index contributed by atoms with van der Waals surface area (Å²) < 4.78 is 24.6. The molecule has 0 aliphatic rings. The molecule has 0 bridgehead atoms. The standard InChI is InChI=1S/C12H17NO3S/c1-3-10-5-7-11(8-6-10)12(14)9-13-17(15,16)4-2/h5-8,13H,3-4,9H2,1-2H3. The zero-order valence-electron chi connectivity index (χ0n) is 10.1. The SMILES string of the molecule is CCc1ccc(C(=O)CNS(=O)(=O)CC)cc1. The number of benzene rings is 1. The Morgan fingerprint density at radius 2 is 1.76 bits per heavy atom. The Bertz CT molecular complexity index is 477. The Balaban J connectivity index is 2.64. The van der Waals surface area contributed by atoms with Crippen molar-refractivity contribution in [3.63, 3.8) is 0 Å². The molecule has 0 fully saturated rings. The van der Waals surface area contributed by atoms with Crippen molar-refractivity contribution in [2.75, 3.05) is 12.3 Å². The second-order valence-corrected chi connectivity index (χ2v) is 5.79. The summed E-state index contributed by atoms with van der Waals surface area (Å²) in [5, 5.41) is 0. The molecule has 1 aromatic rings. The van der Waals surface area contributed by atoms with Crippen molar-refractivity contribution in [1.29, 1.82) is 0 Å². The van der Waals surface area contributed by atoms with Gasteiger partial charge in [0.25, 0.3) is 0 Å². The number of sulfonamides is 1. The molecule has 4 nitrogen and oxygen atoms in total. The number of carbonyl (C=O) groups is 1. The van der Waals surface area contributed by atoms with E-state index in [0.29, 0.717) is 5.56 Å². The smallest absolute Gasteiger partial charge is 0.211 e.